The van der Waals surface area contributed by atoms with Crippen molar-refractivity contribution in [2.24, 2.45) is 0 Å². The number of nitrogens with zero attached hydrogens (tertiary/aromatic N) is 3. The van der Waals surface area contributed by atoms with Gasteiger partial charge in [-0.15, -0.1) is 11.3 Å². The van der Waals surface area contributed by atoms with Crippen LogP contribution in [0.25, 0.3) is 22.0 Å². The summed E-state index contributed by atoms with van der Waals surface area (Å²) in [4.78, 5) is 25.3. The molecule has 1 aromatic carbocycles. The van der Waals surface area contributed by atoms with E-state index in [-0.39, 0.29) is 12.3 Å². The predicted molar refractivity (Wildman–Crippen MR) is 112 cm³/mol. The van der Waals surface area contributed by atoms with Gasteiger partial charge in [-0.3, -0.25) is 9.78 Å². The molecule has 0 radical (unpaired) electrons. The van der Waals surface area contributed by atoms with E-state index < -0.39 is 0 Å². The molecule has 1 N–H and O–H groups in total. The van der Waals surface area contributed by atoms with Gasteiger partial charge in [0, 0.05) is 41.9 Å². The molecule has 29 heavy (non-hydrogen) atoms. The first-order valence-electron chi connectivity index (χ1n) is 9.30. The molecule has 3 heterocycles. The lowest BCUT2D eigenvalue weighted by Gasteiger charge is -2.02. The highest BCUT2D eigenvalue weighted by Crippen LogP contribution is 2.23. The Bertz CT molecular complexity index is 1090. The van der Waals surface area contributed by atoms with Crippen molar-refractivity contribution in [3.8, 4) is 22.0 Å². The summed E-state index contributed by atoms with van der Waals surface area (Å²) in [5.74, 6) is 0.534. The first-order valence-corrected chi connectivity index (χ1v) is 10.2. The fourth-order valence-electron chi connectivity index (χ4n) is 2.82. The minimum Gasteiger partial charge on any atom is -0.444 e. The van der Waals surface area contributed by atoms with E-state index in [1.807, 2.05) is 48.7 Å². The van der Waals surface area contributed by atoms with Gasteiger partial charge in [0.1, 0.15) is 11.3 Å². The number of pyridine rings is 1. The summed E-state index contributed by atoms with van der Waals surface area (Å²) < 4.78 is 5.55. The third kappa shape index (κ3) is 4.94. The van der Waals surface area contributed by atoms with Crippen molar-refractivity contribution in [2.75, 3.05) is 6.54 Å². The molecule has 0 saturated heterocycles. The molecule has 1 amide bonds. The van der Waals surface area contributed by atoms with E-state index in [2.05, 4.69) is 20.3 Å². The van der Waals surface area contributed by atoms with Gasteiger partial charge >= 0.3 is 0 Å². The fourth-order valence-corrected chi connectivity index (χ4v) is 3.63. The van der Waals surface area contributed by atoms with Crippen LogP contribution in [-0.2, 0) is 17.6 Å². The normalized spacial score (nSPS) is 10.8. The molecule has 0 unspecified atom stereocenters. The molecule has 0 aliphatic heterocycles. The van der Waals surface area contributed by atoms with Crippen LogP contribution in [0.3, 0.4) is 0 Å². The van der Waals surface area contributed by atoms with Gasteiger partial charge in [-0.25, -0.2) is 9.97 Å². The summed E-state index contributed by atoms with van der Waals surface area (Å²) in [5.41, 5.74) is 4.66. The first kappa shape index (κ1) is 19.0. The molecule has 7 heteroatoms. The maximum Gasteiger partial charge on any atom is 0.226 e. The lowest BCUT2D eigenvalue weighted by atomic mass is 10.1. The van der Waals surface area contributed by atoms with Crippen LogP contribution in [0.15, 0.2) is 64.9 Å². The van der Waals surface area contributed by atoms with Crippen molar-refractivity contribution >= 4 is 17.2 Å². The van der Waals surface area contributed by atoms with E-state index in [1.54, 1.807) is 18.7 Å². The molecule has 0 fully saturated rings. The number of nitrogens with one attached hydrogen (secondary N) is 1. The highest BCUT2D eigenvalue weighted by atomic mass is 32.1. The number of carbonyl (C=O) groups is 1. The smallest absolute Gasteiger partial charge is 0.226 e. The van der Waals surface area contributed by atoms with Gasteiger partial charge in [-0.2, -0.15) is 0 Å². The predicted octanol–water partition coefficient (Wildman–Crippen LogP) is 4.07. The van der Waals surface area contributed by atoms with Crippen LogP contribution in [-0.4, -0.2) is 27.4 Å². The summed E-state index contributed by atoms with van der Waals surface area (Å²) in [5, 5.41) is 5.69. The maximum atomic E-state index is 12.2. The molecule has 0 saturated carbocycles. The number of hydrogen-bond acceptors (Lipinski definition) is 6. The standard InChI is InChI=1S/C22H20N4O2S/c1-15-4-6-16(7-5-15)21-25-18(13-28-21)8-10-24-20(27)11-19-14-29-22(26-19)17-3-2-9-23-12-17/h2-7,9,12-14H,8,10-11H2,1H3,(H,24,27). The van der Waals surface area contributed by atoms with Crippen molar-refractivity contribution in [3.63, 3.8) is 0 Å². The quantitative estimate of drug-likeness (QED) is 0.502. The van der Waals surface area contributed by atoms with E-state index in [9.17, 15) is 4.79 Å². The Morgan fingerprint density at radius 3 is 2.76 bits per heavy atom. The SMILES string of the molecule is Cc1ccc(-c2nc(CCNC(=O)Cc3csc(-c4cccnc4)n3)co2)cc1. The molecule has 0 atom stereocenters. The lowest BCUT2D eigenvalue weighted by Crippen LogP contribution is -2.27. The highest BCUT2D eigenvalue weighted by Gasteiger charge is 2.10. The van der Waals surface area contributed by atoms with E-state index in [4.69, 9.17) is 4.42 Å². The van der Waals surface area contributed by atoms with Crippen LogP contribution >= 0.6 is 11.3 Å². The van der Waals surface area contributed by atoms with Crippen LogP contribution in [0.4, 0.5) is 0 Å². The Balaban J connectivity index is 1.26. The van der Waals surface area contributed by atoms with Crippen LogP contribution < -0.4 is 5.32 Å². The number of aryl methyl sites for hydroxylation is 1. The van der Waals surface area contributed by atoms with Crippen LogP contribution in [0.5, 0.6) is 0 Å². The van der Waals surface area contributed by atoms with Gasteiger partial charge in [-0.05, 0) is 31.2 Å². The average molecular weight is 404 g/mol. The molecular formula is C22H20N4O2S. The zero-order chi connectivity index (χ0) is 20.1. The largest absolute Gasteiger partial charge is 0.444 e. The van der Waals surface area contributed by atoms with Crippen molar-refractivity contribution in [1.29, 1.82) is 0 Å². The zero-order valence-corrected chi connectivity index (χ0v) is 16.8. The van der Waals surface area contributed by atoms with Crippen LogP contribution in [0.1, 0.15) is 17.0 Å². The molecule has 4 aromatic rings. The summed E-state index contributed by atoms with van der Waals surface area (Å²) in [6, 6.07) is 11.9. The summed E-state index contributed by atoms with van der Waals surface area (Å²) in [6.45, 7) is 2.54. The first-order chi connectivity index (χ1) is 14.2. The highest BCUT2D eigenvalue weighted by molar-refractivity contribution is 7.13. The minimum absolute atomic E-state index is 0.0599. The number of hydrogen-bond donors (Lipinski definition) is 1. The second-order valence-electron chi connectivity index (χ2n) is 6.67. The monoisotopic (exact) mass is 404 g/mol. The number of rotatable bonds is 7. The summed E-state index contributed by atoms with van der Waals surface area (Å²) in [6.07, 6.45) is 6.00. The van der Waals surface area contributed by atoms with Crippen LogP contribution in [0, 0.1) is 6.92 Å². The lowest BCUT2D eigenvalue weighted by molar-refractivity contribution is -0.120. The number of amides is 1. The topological polar surface area (TPSA) is 80.9 Å². The van der Waals surface area contributed by atoms with Gasteiger partial charge < -0.3 is 9.73 Å². The van der Waals surface area contributed by atoms with Crippen molar-refractivity contribution in [1.82, 2.24) is 20.3 Å². The molecule has 6 nitrogen and oxygen atoms in total. The summed E-state index contributed by atoms with van der Waals surface area (Å²) in [7, 11) is 0. The third-order valence-electron chi connectivity index (χ3n) is 4.36. The van der Waals surface area contributed by atoms with Crippen molar-refractivity contribution < 1.29 is 9.21 Å². The Hall–Kier alpha value is -3.32. The molecule has 3 aromatic heterocycles. The van der Waals surface area contributed by atoms with Gasteiger partial charge in [-0.1, -0.05) is 17.7 Å². The Labute approximate surface area is 172 Å². The number of benzene rings is 1. The van der Waals surface area contributed by atoms with Gasteiger partial charge in [0.2, 0.25) is 11.8 Å². The van der Waals surface area contributed by atoms with E-state index >= 15 is 0 Å². The number of thiazole rings is 1. The molecule has 146 valence electrons. The summed E-state index contributed by atoms with van der Waals surface area (Å²) >= 11 is 1.51. The Morgan fingerprint density at radius 2 is 1.97 bits per heavy atom. The van der Waals surface area contributed by atoms with Gasteiger partial charge in [0.25, 0.3) is 0 Å². The molecular weight excluding hydrogens is 384 g/mol. The second-order valence-corrected chi connectivity index (χ2v) is 7.53. The van der Waals surface area contributed by atoms with Crippen LogP contribution in [0.2, 0.25) is 0 Å². The van der Waals surface area contributed by atoms with E-state index in [0.29, 0.717) is 18.9 Å². The molecule has 0 aliphatic carbocycles. The second kappa shape index (κ2) is 8.79. The molecule has 0 aliphatic rings. The fraction of sp³-hybridized carbons (Fsp3) is 0.182. The van der Waals surface area contributed by atoms with E-state index in [0.717, 1.165) is 27.5 Å². The Morgan fingerprint density at radius 1 is 1.10 bits per heavy atom. The average Bonchev–Trinajstić information content (AvgIpc) is 3.39. The van der Waals surface area contributed by atoms with Gasteiger partial charge in [0.15, 0.2) is 0 Å². The van der Waals surface area contributed by atoms with Crippen molar-refractivity contribution in [2.45, 2.75) is 19.8 Å². The number of aromatic nitrogens is 3. The zero-order valence-electron chi connectivity index (χ0n) is 16.0. The third-order valence-corrected chi connectivity index (χ3v) is 5.30. The van der Waals surface area contributed by atoms with E-state index in [1.165, 1.54) is 16.9 Å². The van der Waals surface area contributed by atoms with Gasteiger partial charge in [0.05, 0.1) is 17.8 Å². The molecule has 0 spiro atoms. The maximum absolute atomic E-state index is 12.2. The van der Waals surface area contributed by atoms with Crippen molar-refractivity contribution in [3.05, 3.63) is 77.4 Å². The molecule has 4 rings (SSSR count). The minimum atomic E-state index is -0.0599. The number of oxazole rings is 1. The number of carbonyl (C=O) groups excluding carboxylic acids is 1. The molecule has 0 bridgehead atoms. The Kier molecular flexibility index (Phi) is 5.76.